The third kappa shape index (κ3) is 2.31. The molecular weight excluding hydrogens is 421 g/mol. The number of aromatic nitrogens is 1. The molecule has 6 aromatic rings. The van der Waals surface area contributed by atoms with Crippen LogP contribution in [-0.2, 0) is 0 Å². The van der Waals surface area contributed by atoms with Crippen LogP contribution in [0.5, 0.6) is 23.0 Å². The SMILES string of the molecule is c1ccc(-c2cccc3c2oc2c4c(ccc23)B2c3ccccc3Oc3cccc(c32)O4)nc1. The Morgan fingerprint density at radius 1 is 0.588 bits per heavy atom. The number of ether oxygens (including phenoxy) is 2. The van der Waals surface area contributed by atoms with Gasteiger partial charge in [-0.3, -0.25) is 4.98 Å². The molecule has 0 amide bonds. The number of benzene rings is 4. The lowest BCUT2D eigenvalue weighted by Crippen LogP contribution is -2.57. The van der Waals surface area contributed by atoms with E-state index in [1.165, 1.54) is 0 Å². The molecule has 158 valence electrons. The smallest absolute Gasteiger partial charge is 0.260 e. The molecule has 0 unspecified atom stereocenters. The van der Waals surface area contributed by atoms with E-state index in [2.05, 4.69) is 47.4 Å². The van der Waals surface area contributed by atoms with Crippen molar-refractivity contribution < 1.29 is 13.9 Å². The molecule has 4 heterocycles. The molecule has 0 aliphatic carbocycles. The van der Waals surface area contributed by atoms with Crippen LogP contribution in [-0.4, -0.2) is 11.7 Å². The van der Waals surface area contributed by atoms with Gasteiger partial charge in [-0.15, -0.1) is 0 Å². The molecule has 4 nitrogen and oxygen atoms in total. The van der Waals surface area contributed by atoms with Crippen molar-refractivity contribution in [1.82, 2.24) is 4.98 Å². The Labute approximate surface area is 195 Å². The van der Waals surface area contributed by atoms with Gasteiger partial charge in [0, 0.05) is 28.0 Å². The molecule has 0 radical (unpaired) electrons. The summed E-state index contributed by atoms with van der Waals surface area (Å²) < 4.78 is 19.4. The lowest BCUT2D eigenvalue weighted by molar-refractivity contribution is 0.461. The highest BCUT2D eigenvalue weighted by molar-refractivity contribution is 6.98. The molecule has 4 aromatic carbocycles. The molecule has 0 atom stereocenters. The maximum Gasteiger partial charge on any atom is 0.260 e. The average molecular weight is 437 g/mol. The van der Waals surface area contributed by atoms with E-state index in [1.54, 1.807) is 6.20 Å². The molecule has 0 saturated heterocycles. The summed E-state index contributed by atoms with van der Waals surface area (Å²) in [5.74, 6) is 3.30. The van der Waals surface area contributed by atoms with Crippen molar-refractivity contribution in [3.8, 4) is 34.3 Å². The maximum absolute atomic E-state index is 6.58. The van der Waals surface area contributed by atoms with E-state index in [0.29, 0.717) is 0 Å². The first-order valence-electron chi connectivity index (χ1n) is 11.3. The minimum Gasteiger partial charge on any atom is -0.458 e. The Morgan fingerprint density at radius 2 is 1.38 bits per heavy atom. The molecule has 0 saturated carbocycles. The number of nitrogens with zero attached hydrogens (tertiary/aromatic N) is 1. The Hall–Kier alpha value is -4.51. The summed E-state index contributed by atoms with van der Waals surface area (Å²) in [5, 5.41) is 2.09. The van der Waals surface area contributed by atoms with Crippen LogP contribution in [0.2, 0.25) is 0 Å². The Kier molecular flexibility index (Phi) is 3.45. The van der Waals surface area contributed by atoms with E-state index in [-0.39, 0.29) is 6.71 Å². The number of pyridine rings is 1. The molecular formula is C29H16BNO3. The standard InChI is InChI=1S/C29H16BNO3/c1-2-11-23-20(9-1)30-21-15-14-18-17-7-5-8-19(22-10-3-4-16-31-22)27(17)34-28(18)29(21)33-25-13-6-12-24(32-23)26(25)30/h1-16H. The minimum absolute atomic E-state index is 0.0211. The number of furan rings is 1. The van der Waals surface area contributed by atoms with Gasteiger partial charge in [-0.1, -0.05) is 54.6 Å². The number of hydrogen-bond acceptors (Lipinski definition) is 4. The topological polar surface area (TPSA) is 44.5 Å². The summed E-state index contributed by atoms with van der Waals surface area (Å²) in [5.41, 5.74) is 6.72. The fourth-order valence-electron chi connectivity index (χ4n) is 5.41. The highest BCUT2D eigenvalue weighted by atomic mass is 16.5. The second-order valence-electron chi connectivity index (χ2n) is 8.70. The molecule has 34 heavy (non-hydrogen) atoms. The monoisotopic (exact) mass is 437 g/mol. The summed E-state index contributed by atoms with van der Waals surface area (Å²) in [6.45, 7) is 0.0211. The molecule has 8 rings (SSSR count). The van der Waals surface area contributed by atoms with Crippen molar-refractivity contribution in [2.75, 3.05) is 0 Å². The van der Waals surface area contributed by atoms with Gasteiger partial charge >= 0.3 is 0 Å². The van der Waals surface area contributed by atoms with Gasteiger partial charge in [-0.25, -0.2) is 0 Å². The number of para-hydroxylation sites is 2. The second kappa shape index (κ2) is 6.52. The van der Waals surface area contributed by atoms with E-state index in [9.17, 15) is 0 Å². The summed E-state index contributed by atoms with van der Waals surface area (Å²) >= 11 is 0. The van der Waals surface area contributed by atoms with Crippen molar-refractivity contribution in [3.05, 3.63) is 97.2 Å². The first-order chi connectivity index (χ1) is 16.9. The highest BCUT2D eigenvalue weighted by Crippen LogP contribution is 2.42. The first-order valence-corrected chi connectivity index (χ1v) is 11.3. The second-order valence-corrected chi connectivity index (χ2v) is 8.70. The van der Waals surface area contributed by atoms with Crippen LogP contribution in [0, 0.1) is 0 Å². The predicted molar refractivity (Wildman–Crippen MR) is 135 cm³/mol. The van der Waals surface area contributed by atoms with Crippen LogP contribution in [0.4, 0.5) is 0 Å². The molecule has 2 aromatic heterocycles. The van der Waals surface area contributed by atoms with Crippen molar-refractivity contribution in [1.29, 1.82) is 0 Å². The fraction of sp³-hybridized carbons (Fsp3) is 0. The lowest BCUT2D eigenvalue weighted by atomic mass is 9.35. The quantitative estimate of drug-likeness (QED) is 0.324. The summed E-state index contributed by atoms with van der Waals surface area (Å²) in [4.78, 5) is 4.55. The van der Waals surface area contributed by atoms with Gasteiger partial charge in [0.2, 0.25) is 0 Å². The van der Waals surface area contributed by atoms with Crippen molar-refractivity contribution in [2.24, 2.45) is 0 Å². The van der Waals surface area contributed by atoms with Gasteiger partial charge in [-0.05, 0) is 47.3 Å². The lowest BCUT2D eigenvalue weighted by Gasteiger charge is -2.32. The van der Waals surface area contributed by atoms with Gasteiger partial charge in [0.1, 0.15) is 22.8 Å². The third-order valence-corrected chi connectivity index (χ3v) is 6.88. The molecule has 0 N–H and O–H groups in total. The van der Waals surface area contributed by atoms with Crippen LogP contribution in [0.1, 0.15) is 0 Å². The van der Waals surface area contributed by atoms with Crippen LogP contribution in [0.15, 0.2) is 102 Å². The molecule has 0 fully saturated rings. The van der Waals surface area contributed by atoms with Crippen LogP contribution in [0.3, 0.4) is 0 Å². The van der Waals surface area contributed by atoms with E-state index in [1.807, 2.05) is 48.5 Å². The largest absolute Gasteiger partial charge is 0.458 e. The molecule has 2 aliphatic heterocycles. The van der Waals surface area contributed by atoms with Crippen LogP contribution >= 0.6 is 0 Å². The average Bonchev–Trinajstić information content (AvgIpc) is 3.28. The number of fused-ring (bicyclic) bond motifs is 8. The predicted octanol–water partition coefficient (Wildman–Crippen LogP) is 5.38. The zero-order valence-corrected chi connectivity index (χ0v) is 18.0. The first kappa shape index (κ1) is 18.0. The van der Waals surface area contributed by atoms with Gasteiger partial charge < -0.3 is 13.9 Å². The Bertz CT molecular complexity index is 1770. The zero-order chi connectivity index (χ0) is 22.2. The summed E-state index contributed by atoms with van der Waals surface area (Å²) in [6.07, 6.45) is 1.80. The zero-order valence-electron chi connectivity index (χ0n) is 18.0. The molecule has 0 bridgehead atoms. The molecule has 0 spiro atoms. The normalized spacial score (nSPS) is 13.1. The van der Waals surface area contributed by atoms with E-state index in [0.717, 1.165) is 72.6 Å². The van der Waals surface area contributed by atoms with Crippen molar-refractivity contribution in [3.63, 3.8) is 0 Å². The Balaban J connectivity index is 1.44. The fourth-order valence-corrected chi connectivity index (χ4v) is 5.41. The van der Waals surface area contributed by atoms with E-state index < -0.39 is 0 Å². The third-order valence-electron chi connectivity index (χ3n) is 6.88. The highest BCUT2D eigenvalue weighted by Gasteiger charge is 2.41. The number of rotatable bonds is 1. The molecule has 5 heteroatoms. The van der Waals surface area contributed by atoms with E-state index >= 15 is 0 Å². The van der Waals surface area contributed by atoms with Gasteiger partial charge in [0.15, 0.2) is 11.3 Å². The van der Waals surface area contributed by atoms with Gasteiger partial charge in [0.05, 0.1) is 5.69 Å². The van der Waals surface area contributed by atoms with Gasteiger partial charge in [0.25, 0.3) is 6.71 Å². The summed E-state index contributed by atoms with van der Waals surface area (Å²) in [6, 6.07) is 30.7. The minimum atomic E-state index is 0.0211. The maximum atomic E-state index is 6.58. The number of hydrogen-bond donors (Lipinski definition) is 0. The van der Waals surface area contributed by atoms with Gasteiger partial charge in [-0.2, -0.15) is 0 Å². The Morgan fingerprint density at radius 3 is 2.29 bits per heavy atom. The summed E-state index contributed by atoms with van der Waals surface area (Å²) in [7, 11) is 0. The van der Waals surface area contributed by atoms with E-state index in [4.69, 9.17) is 13.9 Å². The van der Waals surface area contributed by atoms with Crippen LogP contribution < -0.4 is 25.9 Å². The van der Waals surface area contributed by atoms with Crippen LogP contribution in [0.25, 0.3) is 33.2 Å². The van der Waals surface area contributed by atoms with Crippen molar-refractivity contribution in [2.45, 2.75) is 0 Å². The van der Waals surface area contributed by atoms with Crippen molar-refractivity contribution >= 4 is 45.0 Å². The molecule has 2 aliphatic rings.